The molecular formula is C10H9NO4. The van der Waals surface area contributed by atoms with Gasteiger partial charge in [0.15, 0.2) is 11.3 Å². The van der Waals surface area contributed by atoms with Crippen LogP contribution in [0, 0.1) is 10.1 Å². The Morgan fingerprint density at radius 2 is 2.33 bits per heavy atom. The monoisotopic (exact) mass is 207 g/mol. The number of furan rings is 1. The number of hydrogen-bond acceptors (Lipinski definition) is 4. The second kappa shape index (κ2) is 3.61. The summed E-state index contributed by atoms with van der Waals surface area (Å²) in [6.45, 7) is 2.34. The fourth-order valence-corrected chi connectivity index (χ4v) is 1.38. The molecule has 78 valence electrons. The highest BCUT2D eigenvalue weighted by molar-refractivity contribution is 5.85. The van der Waals surface area contributed by atoms with E-state index in [9.17, 15) is 10.1 Å². The third-order valence-corrected chi connectivity index (χ3v) is 1.97. The summed E-state index contributed by atoms with van der Waals surface area (Å²) in [5.74, 6) is 0.264. The van der Waals surface area contributed by atoms with E-state index in [1.807, 2.05) is 6.92 Å². The molecular weight excluding hydrogens is 198 g/mol. The van der Waals surface area contributed by atoms with Crippen LogP contribution in [0.2, 0.25) is 0 Å². The standard InChI is InChI=1S/C10H9NO4/c1-2-14-8-5-3-4-7-6-9(11(12)13)15-10(7)8/h3-6H,2H2,1H3. The second-order valence-corrected chi connectivity index (χ2v) is 2.95. The lowest BCUT2D eigenvalue weighted by Gasteiger charge is -2.01. The average Bonchev–Trinajstić information content (AvgIpc) is 2.63. The Labute approximate surface area is 85.4 Å². The van der Waals surface area contributed by atoms with Crippen molar-refractivity contribution in [2.45, 2.75) is 6.92 Å². The Balaban J connectivity index is 2.59. The largest absolute Gasteiger partial charge is 0.490 e. The Hall–Kier alpha value is -2.04. The topological polar surface area (TPSA) is 65.5 Å². The first-order valence-electron chi connectivity index (χ1n) is 4.52. The van der Waals surface area contributed by atoms with E-state index in [1.54, 1.807) is 18.2 Å². The van der Waals surface area contributed by atoms with Crippen molar-refractivity contribution < 1.29 is 14.1 Å². The molecule has 5 heteroatoms. The number of nitro groups is 1. The number of benzene rings is 1. The molecule has 5 nitrogen and oxygen atoms in total. The van der Waals surface area contributed by atoms with Crippen LogP contribution in [-0.4, -0.2) is 11.5 Å². The van der Waals surface area contributed by atoms with Gasteiger partial charge in [0, 0.05) is 5.39 Å². The minimum Gasteiger partial charge on any atom is -0.490 e. The van der Waals surface area contributed by atoms with Crippen LogP contribution in [0.5, 0.6) is 5.75 Å². The molecule has 1 aromatic heterocycles. The van der Waals surface area contributed by atoms with Crippen molar-refractivity contribution in [1.29, 1.82) is 0 Å². The first-order chi connectivity index (χ1) is 7.22. The van der Waals surface area contributed by atoms with Gasteiger partial charge in [-0.3, -0.25) is 10.1 Å². The number of fused-ring (bicyclic) bond motifs is 1. The predicted molar refractivity (Wildman–Crippen MR) is 54.0 cm³/mol. The zero-order valence-corrected chi connectivity index (χ0v) is 8.10. The van der Waals surface area contributed by atoms with E-state index in [2.05, 4.69) is 0 Å². The average molecular weight is 207 g/mol. The molecule has 0 atom stereocenters. The summed E-state index contributed by atoms with van der Waals surface area (Å²) in [7, 11) is 0. The lowest BCUT2D eigenvalue weighted by atomic mass is 10.2. The zero-order chi connectivity index (χ0) is 10.8. The van der Waals surface area contributed by atoms with Crippen molar-refractivity contribution in [3.63, 3.8) is 0 Å². The van der Waals surface area contributed by atoms with Gasteiger partial charge in [0.2, 0.25) is 0 Å². The smallest absolute Gasteiger partial charge is 0.434 e. The number of nitrogens with zero attached hydrogens (tertiary/aromatic N) is 1. The molecule has 0 aliphatic carbocycles. The van der Waals surface area contributed by atoms with E-state index in [0.717, 1.165) is 0 Å². The minimum atomic E-state index is -0.560. The van der Waals surface area contributed by atoms with Gasteiger partial charge in [0.1, 0.15) is 4.92 Å². The molecule has 0 fully saturated rings. The molecule has 0 radical (unpaired) electrons. The van der Waals surface area contributed by atoms with E-state index in [0.29, 0.717) is 23.3 Å². The first-order valence-corrected chi connectivity index (χ1v) is 4.52. The van der Waals surface area contributed by atoms with Crippen molar-refractivity contribution in [2.24, 2.45) is 0 Å². The maximum Gasteiger partial charge on any atom is 0.434 e. The molecule has 2 rings (SSSR count). The molecule has 0 aliphatic rings. The highest BCUT2D eigenvalue weighted by Crippen LogP contribution is 2.31. The van der Waals surface area contributed by atoms with Gasteiger partial charge in [-0.1, -0.05) is 12.1 Å². The van der Waals surface area contributed by atoms with Gasteiger partial charge >= 0.3 is 5.88 Å². The van der Waals surface area contributed by atoms with Crippen molar-refractivity contribution in [3.8, 4) is 5.75 Å². The van der Waals surface area contributed by atoms with Gasteiger partial charge in [-0.05, 0) is 13.0 Å². The molecule has 0 saturated carbocycles. The third-order valence-electron chi connectivity index (χ3n) is 1.97. The van der Waals surface area contributed by atoms with E-state index >= 15 is 0 Å². The van der Waals surface area contributed by atoms with E-state index in [1.165, 1.54) is 6.07 Å². The quantitative estimate of drug-likeness (QED) is 0.573. The molecule has 0 amide bonds. The van der Waals surface area contributed by atoms with Crippen LogP contribution in [0.1, 0.15) is 6.92 Å². The molecule has 0 spiro atoms. The summed E-state index contributed by atoms with van der Waals surface area (Å²) in [6, 6.07) is 6.62. The number of rotatable bonds is 3. The van der Waals surface area contributed by atoms with Gasteiger partial charge in [-0.2, -0.15) is 0 Å². The van der Waals surface area contributed by atoms with Gasteiger partial charge in [0.25, 0.3) is 0 Å². The minimum absolute atomic E-state index is 0.267. The Kier molecular flexibility index (Phi) is 2.29. The summed E-state index contributed by atoms with van der Waals surface area (Å²) >= 11 is 0. The van der Waals surface area contributed by atoms with E-state index in [4.69, 9.17) is 9.15 Å². The Morgan fingerprint density at radius 1 is 1.53 bits per heavy atom. The highest BCUT2D eigenvalue weighted by atomic mass is 16.6. The summed E-state index contributed by atoms with van der Waals surface area (Å²) < 4.78 is 10.4. The first kappa shape index (κ1) is 9.51. The van der Waals surface area contributed by atoms with E-state index < -0.39 is 4.92 Å². The lowest BCUT2D eigenvalue weighted by molar-refractivity contribution is -0.401. The molecule has 15 heavy (non-hydrogen) atoms. The van der Waals surface area contributed by atoms with Crippen LogP contribution in [0.3, 0.4) is 0 Å². The van der Waals surface area contributed by atoms with Crippen LogP contribution in [-0.2, 0) is 0 Å². The second-order valence-electron chi connectivity index (χ2n) is 2.95. The van der Waals surface area contributed by atoms with Gasteiger partial charge in [-0.15, -0.1) is 0 Å². The molecule has 0 unspecified atom stereocenters. The SMILES string of the molecule is CCOc1cccc2cc([N+](=O)[O-])oc12. The lowest BCUT2D eigenvalue weighted by Crippen LogP contribution is -1.90. The summed E-state index contributed by atoms with van der Waals surface area (Å²) in [6.07, 6.45) is 0. The van der Waals surface area contributed by atoms with Crippen molar-refractivity contribution in [2.75, 3.05) is 6.61 Å². The fraction of sp³-hybridized carbons (Fsp3) is 0.200. The Bertz CT molecular complexity index is 503. The van der Waals surface area contributed by atoms with Crippen molar-refractivity contribution >= 4 is 16.9 Å². The van der Waals surface area contributed by atoms with Crippen molar-refractivity contribution in [3.05, 3.63) is 34.4 Å². The van der Waals surface area contributed by atoms with Gasteiger partial charge in [0.05, 0.1) is 12.7 Å². The molecule has 0 aliphatic heterocycles. The maximum absolute atomic E-state index is 10.5. The number of hydrogen-bond donors (Lipinski definition) is 0. The normalized spacial score (nSPS) is 10.5. The summed E-state index contributed by atoms with van der Waals surface area (Å²) in [4.78, 5) is 9.95. The summed E-state index contributed by atoms with van der Waals surface area (Å²) in [5, 5.41) is 11.2. The molecule has 0 N–H and O–H groups in total. The third kappa shape index (κ3) is 1.63. The van der Waals surface area contributed by atoms with Gasteiger partial charge in [-0.25, -0.2) is 0 Å². The van der Waals surface area contributed by atoms with Crippen LogP contribution >= 0.6 is 0 Å². The molecule has 2 aromatic rings. The molecule has 0 saturated heterocycles. The number of para-hydroxylation sites is 1. The van der Waals surface area contributed by atoms with Crippen LogP contribution in [0.4, 0.5) is 5.88 Å². The molecule has 0 bridgehead atoms. The van der Waals surface area contributed by atoms with Crippen LogP contribution < -0.4 is 4.74 Å². The van der Waals surface area contributed by atoms with Crippen molar-refractivity contribution in [1.82, 2.24) is 0 Å². The molecule has 1 heterocycles. The predicted octanol–water partition coefficient (Wildman–Crippen LogP) is 2.74. The molecule has 1 aromatic carbocycles. The maximum atomic E-state index is 10.5. The van der Waals surface area contributed by atoms with Crippen LogP contribution in [0.25, 0.3) is 11.0 Å². The van der Waals surface area contributed by atoms with Crippen LogP contribution in [0.15, 0.2) is 28.7 Å². The Morgan fingerprint density at radius 3 is 3.00 bits per heavy atom. The highest BCUT2D eigenvalue weighted by Gasteiger charge is 2.15. The number of ether oxygens (including phenoxy) is 1. The summed E-state index contributed by atoms with van der Waals surface area (Å²) in [5.41, 5.74) is 0.422. The zero-order valence-electron chi connectivity index (χ0n) is 8.10. The van der Waals surface area contributed by atoms with E-state index in [-0.39, 0.29) is 5.88 Å². The van der Waals surface area contributed by atoms with Gasteiger partial charge < -0.3 is 9.15 Å². The fourth-order valence-electron chi connectivity index (χ4n) is 1.38.